The molecule has 4 rings (SSSR count). The number of fused-ring (bicyclic) bond motifs is 5. The number of carbonyl (C=O) groups is 1. The van der Waals surface area contributed by atoms with E-state index in [1.807, 2.05) is 0 Å². The lowest BCUT2D eigenvalue weighted by atomic mass is 9.54. The summed E-state index contributed by atoms with van der Waals surface area (Å²) in [6.07, 6.45) is 7.01. The number of benzene rings is 1. The molecule has 0 aromatic heterocycles. The highest BCUT2D eigenvalue weighted by molar-refractivity contribution is 5.87. The third-order valence-electron chi connectivity index (χ3n) is 7.51. The number of rotatable bonds is 4. The van der Waals surface area contributed by atoms with Crippen molar-refractivity contribution in [1.29, 1.82) is 0 Å². The Hall–Kier alpha value is -1.35. The van der Waals surface area contributed by atoms with Crippen molar-refractivity contribution in [3.63, 3.8) is 0 Å². The van der Waals surface area contributed by atoms with E-state index < -0.39 is 0 Å². The molecule has 2 fully saturated rings. The molecular weight excluding hydrogens is 312 g/mol. The van der Waals surface area contributed by atoms with Crippen LogP contribution in [0, 0.1) is 23.2 Å². The molecular formula is C22H30O3. The lowest BCUT2D eigenvalue weighted by Gasteiger charge is -2.50. The van der Waals surface area contributed by atoms with Gasteiger partial charge >= 0.3 is 0 Å². The fourth-order valence-corrected chi connectivity index (χ4v) is 6.36. The maximum Gasteiger partial charge on any atom is 0.139 e. The van der Waals surface area contributed by atoms with Gasteiger partial charge in [0.2, 0.25) is 0 Å². The Balaban J connectivity index is 1.66. The summed E-state index contributed by atoms with van der Waals surface area (Å²) in [5.74, 6) is 3.62. The molecule has 0 aliphatic heterocycles. The van der Waals surface area contributed by atoms with Crippen LogP contribution in [-0.2, 0) is 11.2 Å². The number of Topliss-reactive ketones (excluding diaryl/α,β-unsaturated/α-hetero) is 1. The zero-order valence-corrected chi connectivity index (χ0v) is 15.5. The minimum Gasteiger partial charge on any atom is -0.497 e. The smallest absolute Gasteiger partial charge is 0.139 e. The number of carbonyl (C=O) groups excluding carboxylic acids is 1. The molecule has 5 atom stereocenters. The monoisotopic (exact) mass is 342 g/mol. The van der Waals surface area contributed by atoms with Gasteiger partial charge in [-0.2, -0.15) is 0 Å². The van der Waals surface area contributed by atoms with E-state index in [0.717, 1.165) is 44.3 Å². The molecule has 136 valence electrons. The van der Waals surface area contributed by atoms with E-state index in [0.29, 0.717) is 29.5 Å². The van der Waals surface area contributed by atoms with Crippen molar-refractivity contribution in [2.75, 3.05) is 13.7 Å². The highest BCUT2D eigenvalue weighted by Gasteiger charge is 2.58. The highest BCUT2D eigenvalue weighted by atomic mass is 16.5. The SMILES string of the molecule is COc1ccc2c(c1)CCC1C2CC[C@]2(C)C(=O)C[C@@H](CCCO)C12. The minimum absolute atomic E-state index is 0.120. The largest absolute Gasteiger partial charge is 0.497 e. The molecule has 25 heavy (non-hydrogen) atoms. The number of hydrogen-bond donors (Lipinski definition) is 1. The van der Waals surface area contributed by atoms with E-state index in [-0.39, 0.29) is 12.0 Å². The average molecular weight is 342 g/mol. The molecule has 3 nitrogen and oxygen atoms in total. The molecule has 0 heterocycles. The molecule has 3 heteroatoms. The number of ketones is 1. The van der Waals surface area contributed by atoms with Gasteiger partial charge in [-0.3, -0.25) is 4.79 Å². The standard InChI is InChI=1S/C22H30O3/c1-22-10-9-18-17-8-6-16(25-2)12-14(17)5-7-19(18)21(22)15(4-3-11-23)13-20(22)24/h6,8,12,15,18-19,21,23H,3-5,7,9-11,13H2,1-2H3/t15-,18?,19?,21?,22-/m1/s1. The molecule has 3 aliphatic rings. The summed E-state index contributed by atoms with van der Waals surface area (Å²) in [5.41, 5.74) is 2.82. The molecule has 2 saturated carbocycles. The lowest BCUT2D eigenvalue weighted by Crippen LogP contribution is -2.44. The second-order valence-corrected chi connectivity index (χ2v) is 8.61. The lowest BCUT2D eigenvalue weighted by molar-refractivity contribution is -0.129. The average Bonchev–Trinajstić information content (AvgIpc) is 2.89. The molecule has 3 aliphatic carbocycles. The highest BCUT2D eigenvalue weighted by Crippen LogP contribution is 2.62. The van der Waals surface area contributed by atoms with E-state index in [9.17, 15) is 9.90 Å². The Morgan fingerprint density at radius 2 is 2.16 bits per heavy atom. The van der Waals surface area contributed by atoms with Gasteiger partial charge in [0.15, 0.2) is 0 Å². The van der Waals surface area contributed by atoms with Crippen LogP contribution < -0.4 is 4.74 Å². The van der Waals surface area contributed by atoms with Gasteiger partial charge < -0.3 is 9.84 Å². The van der Waals surface area contributed by atoms with Crippen molar-refractivity contribution in [2.24, 2.45) is 23.2 Å². The summed E-state index contributed by atoms with van der Waals surface area (Å²) in [6, 6.07) is 6.58. The van der Waals surface area contributed by atoms with Gasteiger partial charge in [0.25, 0.3) is 0 Å². The summed E-state index contributed by atoms with van der Waals surface area (Å²) < 4.78 is 5.41. The molecule has 1 aromatic carbocycles. The number of aliphatic hydroxyl groups excluding tert-OH is 1. The fraction of sp³-hybridized carbons (Fsp3) is 0.682. The summed E-state index contributed by atoms with van der Waals surface area (Å²) in [5, 5.41) is 9.27. The summed E-state index contributed by atoms with van der Waals surface area (Å²) in [4.78, 5) is 12.8. The van der Waals surface area contributed by atoms with Crippen LogP contribution in [0.15, 0.2) is 18.2 Å². The van der Waals surface area contributed by atoms with Gasteiger partial charge in [-0.15, -0.1) is 0 Å². The zero-order valence-electron chi connectivity index (χ0n) is 15.5. The molecule has 0 radical (unpaired) electrons. The van der Waals surface area contributed by atoms with Crippen LogP contribution in [0.5, 0.6) is 5.75 Å². The molecule has 0 saturated heterocycles. The van der Waals surface area contributed by atoms with Crippen molar-refractivity contribution < 1.29 is 14.6 Å². The summed E-state index contributed by atoms with van der Waals surface area (Å²) in [7, 11) is 1.73. The van der Waals surface area contributed by atoms with Crippen molar-refractivity contribution in [1.82, 2.24) is 0 Å². The van der Waals surface area contributed by atoms with Crippen LogP contribution in [0.1, 0.15) is 62.5 Å². The van der Waals surface area contributed by atoms with E-state index >= 15 is 0 Å². The van der Waals surface area contributed by atoms with Crippen molar-refractivity contribution in [2.45, 2.75) is 57.8 Å². The van der Waals surface area contributed by atoms with Gasteiger partial charge in [-0.1, -0.05) is 13.0 Å². The number of aryl methyl sites for hydroxylation is 1. The Kier molecular flexibility index (Phi) is 4.39. The Morgan fingerprint density at radius 1 is 1.32 bits per heavy atom. The van der Waals surface area contributed by atoms with Crippen LogP contribution in [0.2, 0.25) is 0 Å². The first kappa shape index (κ1) is 17.1. The van der Waals surface area contributed by atoms with Crippen LogP contribution >= 0.6 is 0 Å². The van der Waals surface area contributed by atoms with Gasteiger partial charge in [0.05, 0.1) is 7.11 Å². The molecule has 3 unspecified atom stereocenters. The van der Waals surface area contributed by atoms with Gasteiger partial charge in [0.1, 0.15) is 11.5 Å². The Labute approximate surface area is 150 Å². The van der Waals surface area contributed by atoms with Gasteiger partial charge in [0, 0.05) is 18.4 Å². The predicted octanol–water partition coefficient (Wildman–Crippen LogP) is 4.12. The maximum atomic E-state index is 12.8. The second-order valence-electron chi connectivity index (χ2n) is 8.61. The van der Waals surface area contributed by atoms with E-state index in [4.69, 9.17) is 4.74 Å². The molecule has 0 bridgehead atoms. The number of methoxy groups -OCH3 is 1. The molecule has 1 aromatic rings. The molecule has 0 amide bonds. The van der Waals surface area contributed by atoms with E-state index in [2.05, 4.69) is 25.1 Å². The summed E-state index contributed by atoms with van der Waals surface area (Å²) >= 11 is 0. The Bertz CT molecular complexity index is 667. The topological polar surface area (TPSA) is 46.5 Å². The quantitative estimate of drug-likeness (QED) is 0.895. The van der Waals surface area contributed by atoms with Crippen LogP contribution in [0.3, 0.4) is 0 Å². The third kappa shape index (κ3) is 2.63. The number of ether oxygens (including phenoxy) is 1. The normalized spacial score (nSPS) is 36.5. The van der Waals surface area contributed by atoms with Crippen molar-refractivity contribution in [3.05, 3.63) is 29.3 Å². The van der Waals surface area contributed by atoms with E-state index in [1.165, 1.54) is 17.5 Å². The van der Waals surface area contributed by atoms with E-state index in [1.54, 1.807) is 7.11 Å². The predicted molar refractivity (Wildman–Crippen MR) is 97.8 cm³/mol. The van der Waals surface area contributed by atoms with Crippen LogP contribution in [-0.4, -0.2) is 24.6 Å². The second kappa shape index (κ2) is 6.42. The first-order valence-electron chi connectivity index (χ1n) is 9.89. The third-order valence-corrected chi connectivity index (χ3v) is 7.51. The van der Waals surface area contributed by atoms with Gasteiger partial charge in [-0.25, -0.2) is 0 Å². The fourth-order valence-electron chi connectivity index (χ4n) is 6.36. The minimum atomic E-state index is -0.120. The molecule has 1 N–H and O–H groups in total. The maximum absolute atomic E-state index is 12.8. The Morgan fingerprint density at radius 3 is 2.92 bits per heavy atom. The first-order valence-corrected chi connectivity index (χ1v) is 9.89. The van der Waals surface area contributed by atoms with Crippen molar-refractivity contribution in [3.8, 4) is 5.75 Å². The number of aliphatic hydroxyl groups is 1. The first-order chi connectivity index (χ1) is 12.1. The number of hydrogen-bond acceptors (Lipinski definition) is 3. The van der Waals surface area contributed by atoms with Crippen LogP contribution in [0.25, 0.3) is 0 Å². The van der Waals surface area contributed by atoms with Crippen LogP contribution in [0.4, 0.5) is 0 Å². The van der Waals surface area contributed by atoms with Gasteiger partial charge in [-0.05, 0) is 85.5 Å². The zero-order chi connectivity index (χ0) is 17.6. The molecule has 0 spiro atoms. The van der Waals surface area contributed by atoms with Crippen molar-refractivity contribution >= 4 is 5.78 Å². The summed E-state index contributed by atoms with van der Waals surface area (Å²) in [6.45, 7) is 2.48.